The van der Waals surface area contributed by atoms with E-state index in [-0.39, 0.29) is 6.04 Å². The number of carbonyl (C=O) groups excluding carboxylic acids is 2. The number of ether oxygens (including phenoxy) is 2. The van der Waals surface area contributed by atoms with Crippen LogP contribution in [0.1, 0.15) is 48.3 Å². The molecule has 0 amide bonds. The standard InChI is InChI=1S/C18H20N2O4/c1-13(14-7-4-3-5-8-14)20-12-19-11-15(20)16(21)24-18(9-6-10-18)17(22)23-2/h3-5,7-8,11-13H,6,9-10H2,1-2H3/t13-/m1/s1. The van der Waals surface area contributed by atoms with E-state index in [9.17, 15) is 9.59 Å². The maximum absolute atomic E-state index is 12.6. The lowest BCUT2D eigenvalue weighted by Crippen LogP contribution is -2.50. The van der Waals surface area contributed by atoms with Gasteiger partial charge < -0.3 is 14.0 Å². The molecule has 1 heterocycles. The van der Waals surface area contributed by atoms with Crippen LogP contribution in [-0.4, -0.2) is 34.2 Å². The van der Waals surface area contributed by atoms with Gasteiger partial charge in [-0.2, -0.15) is 0 Å². The molecule has 3 rings (SSSR count). The Hall–Kier alpha value is -2.63. The van der Waals surface area contributed by atoms with E-state index in [1.165, 1.54) is 13.3 Å². The zero-order chi connectivity index (χ0) is 17.2. The molecule has 0 radical (unpaired) electrons. The number of esters is 2. The van der Waals surface area contributed by atoms with Crippen LogP contribution in [0.15, 0.2) is 42.9 Å². The van der Waals surface area contributed by atoms with Gasteiger partial charge in [-0.25, -0.2) is 14.6 Å². The Kier molecular flexibility index (Phi) is 4.38. The van der Waals surface area contributed by atoms with Crippen molar-refractivity contribution in [3.8, 4) is 0 Å². The van der Waals surface area contributed by atoms with Crippen LogP contribution < -0.4 is 0 Å². The Morgan fingerprint density at radius 3 is 2.54 bits per heavy atom. The summed E-state index contributed by atoms with van der Waals surface area (Å²) in [6.45, 7) is 1.98. The van der Waals surface area contributed by atoms with Crippen LogP contribution in [0, 0.1) is 0 Å². The van der Waals surface area contributed by atoms with Crippen LogP contribution in [0.4, 0.5) is 0 Å². The van der Waals surface area contributed by atoms with E-state index in [1.54, 1.807) is 10.9 Å². The first-order chi connectivity index (χ1) is 11.6. The van der Waals surface area contributed by atoms with Crippen LogP contribution in [0.3, 0.4) is 0 Å². The second-order valence-electron chi connectivity index (χ2n) is 6.00. The summed E-state index contributed by atoms with van der Waals surface area (Å²) in [4.78, 5) is 28.6. The third kappa shape index (κ3) is 2.79. The van der Waals surface area contributed by atoms with Gasteiger partial charge in [0, 0.05) is 0 Å². The highest BCUT2D eigenvalue weighted by Gasteiger charge is 2.49. The topological polar surface area (TPSA) is 70.4 Å². The Morgan fingerprint density at radius 2 is 1.96 bits per heavy atom. The molecule has 1 saturated carbocycles. The van der Waals surface area contributed by atoms with E-state index in [4.69, 9.17) is 9.47 Å². The van der Waals surface area contributed by atoms with Gasteiger partial charge in [-0.05, 0) is 31.7 Å². The average molecular weight is 328 g/mol. The predicted octanol–water partition coefficient (Wildman–Crippen LogP) is 2.74. The molecule has 126 valence electrons. The van der Waals surface area contributed by atoms with E-state index in [2.05, 4.69) is 4.98 Å². The second kappa shape index (κ2) is 6.47. The lowest BCUT2D eigenvalue weighted by Gasteiger charge is -2.37. The monoisotopic (exact) mass is 328 g/mol. The smallest absolute Gasteiger partial charge is 0.357 e. The summed E-state index contributed by atoms with van der Waals surface area (Å²) in [5.41, 5.74) is 0.231. The molecule has 0 unspecified atom stereocenters. The number of methoxy groups -OCH3 is 1. The molecular weight excluding hydrogens is 308 g/mol. The summed E-state index contributed by atoms with van der Waals surface area (Å²) in [7, 11) is 1.30. The van der Waals surface area contributed by atoms with Gasteiger partial charge in [-0.15, -0.1) is 0 Å². The van der Waals surface area contributed by atoms with Crippen molar-refractivity contribution in [2.24, 2.45) is 0 Å². The number of carbonyl (C=O) groups is 2. The van der Waals surface area contributed by atoms with Crippen LogP contribution in [-0.2, 0) is 14.3 Å². The van der Waals surface area contributed by atoms with Crippen LogP contribution >= 0.6 is 0 Å². The van der Waals surface area contributed by atoms with E-state index < -0.39 is 17.5 Å². The highest BCUT2D eigenvalue weighted by molar-refractivity contribution is 5.91. The quantitative estimate of drug-likeness (QED) is 0.789. The van der Waals surface area contributed by atoms with Crippen molar-refractivity contribution in [2.75, 3.05) is 7.11 Å². The van der Waals surface area contributed by atoms with Gasteiger partial charge in [0.05, 0.1) is 25.7 Å². The summed E-state index contributed by atoms with van der Waals surface area (Å²) in [6.07, 6.45) is 4.88. The first-order valence-corrected chi connectivity index (χ1v) is 7.96. The molecule has 0 bridgehead atoms. The van der Waals surface area contributed by atoms with Gasteiger partial charge in [0.1, 0.15) is 5.69 Å². The molecule has 1 aromatic heterocycles. The van der Waals surface area contributed by atoms with Crippen molar-refractivity contribution in [3.63, 3.8) is 0 Å². The summed E-state index contributed by atoms with van der Waals surface area (Å²) in [6, 6.07) is 9.73. The molecule has 1 aliphatic rings. The molecule has 1 fully saturated rings. The van der Waals surface area contributed by atoms with Crippen LogP contribution in [0.25, 0.3) is 0 Å². The molecule has 1 aromatic carbocycles. The van der Waals surface area contributed by atoms with Gasteiger partial charge in [-0.3, -0.25) is 0 Å². The SMILES string of the molecule is COC(=O)C1(OC(=O)c2cncn2[C@H](C)c2ccccc2)CCC1. The Morgan fingerprint density at radius 1 is 1.25 bits per heavy atom. The van der Waals surface area contributed by atoms with Crippen molar-refractivity contribution in [3.05, 3.63) is 54.1 Å². The fourth-order valence-electron chi connectivity index (χ4n) is 2.93. The van der Waals surface area contributed by atoms with Crippen molar-refractivity contribution in [1.82, 2.24) is 9.55 Å². The van der Waals surface area contributed by atoms with Crippen LogP contribution in [0.5, 0.6) is 0 Å². The molecule has 24 heavy (non-hydrogen) atoms. The van der Waals surface area contributed by atoms with Gasteiger partial charge in [-0.1, -0.05) is 30.3 Å². The van der Waals surface area contributed by atoms with Crippen molar-refractivity contribution in [2.45, 2.75) is 37.8 Å². The minimum Gasteiger partial charge on any atom is -0.466 e. The maximum atomic E-state index is 12.6. The molecular formula is C18H20N2O4. The lowest BCUT2D eigenvalue weighted by atomic mass is 9.80. The van der Waals surface area contributed by atoms with Gasteiger partial charge in [0.2, 0.25) is 5.60 Å². The van der Waals surface area contributed by atoms with Gasteiger partial charge >= 0.3 is 11.9 Å². The summed E-state index contributed by atoms with van der Waals surface area (Å²) < 4.78 is 12.1. The van der Waals surface area contributed by atoms with E-state index >= 15 is 0 Å². The third-order valence-corrected chi connectivity index (χ3v) is 4.58. The van der Waals surface area contributed by atoms with E-state index in [0.717, 1.165) is 12.0 Å². The van der Waals surface area contributed by atoms with Gasteiger partial charge in [0.15, 0.2) is 0 Å². The van der Waals surface area contributed by atoms with Crippen molar-refractivity contribution in [1.29, 1.82) is 0 Å². The Labute approximate surface area is 140 Å². The lowest BCUT2D eigenvalue weighted by molar-refractivity contribution is -0.172. The van der Waals surface area contributed by atoms with E-state index in [0.29, 0.717) is 18.5 Å². The number of nitrogens with zero attached hydrogens (tertiary/aromatic N) is 2. The first kappa shape index (κ1) is 16.2. The van der Waals surface area contributed by atoms with Crippen molar-refractivity contribution >= 4 is 11.9 Å². The molecule has 2 aromatic rings. The summed E-state index contributed by atoms with van der Waals surface area (Å²) in [5, 5.41) is 0. The molecule has 6 heteroatoms. The number of imidazole rings is 1. The molecule has 0 N–H and O–H groups in total. The fourth-order valence-corrected chi connectivity index (χ4v) is 2.93. The highest BCUT2D eigenvalue weighted by atomic mass is 16.6. The fraction of sp³-hybridized carbons (Fsp3) is 0.389. The Balaban J connectivity index is 1.82. The second-order valence-corrected chi connectivity index (χ2v) is 6.00. The number of hydrogen-bond donors (Lipinski definition) is 0. The summed E-state index contributed by atoms with van der Waals surface area (Å²) in [5.74, 6) is -1.05. The molecule has 6 nitrogen and oxygen atoms in total. The first-order valence-electron chi connectivity index (χ1n) is 7.96. The predicted molar refractivity (Wildman–Crippen MR) is 86.5 cm³/mol. The number of aromatic nitrogens is 2. The molecule has 0 saturated heterocycles. The largest absolute Gasteiger partial charge is 0.466 e. The van der Waals surface area contributed by atoms with E-state index in [1.807, 2.05) is 37.3 Å². The minimum atomic E-state index is -1.14. The average Bonchev–Trinajstić information content (AvgIpc) is 3.07. The zero-order valence-electron chi connectivity index (χ0n) is 13.8. The number of hydrogen-bond acceptors (Lipinski definition) is 5. The maximum Gasteiger partial charge on any atom is 0.357 e. The molecule has 0 spiro atoms. The summed E-state index contributed by atoms with van der Waals surface area (Å²) >= 11 is 0. The number of benzene rings is 1. The highest BCUT2D eigenvalue weighted by Crippen LogP contribution is 2.37. The Bertz CT molecular complexity index is 734. The zero-order valence-corrected chi connectivity index (χ0v) is 13.8. The minimum absolute atomic E-state index is 0.0771. The van der Waals surface area contributed by atoms with Crippen LogP contribution in [0.2, 0.25) is 0 Å². The molecule has 1 atom stereocenters. The normalized spacial score (nSPS) is 16.8. The molecule has 1 aliphatic carbocycles. The van der Waals surface area contributed by atoms with Gasteiger partial charge in [0.25, 0.3) is 0 Å². The number of rotatable bonds is 5. The molecule has 0 aliphatic heterocycles. The third-order valence-electron chi connectivity index (χ3n) is 4.58. The van der Waals surface area contributed by atoms with Crippen molar-refractivity contribution < 1.29 is 19.1 Å².